The highest BCUT2D eigenvalue weighted by atomic mass is 15.1. The Morgan fingerprint density at radius 2 is 1.44 bits per heavy atom. The Morgan fingerprint density at radius 1 is 0.880 bits per heavy atom. The van der Waals surface area contributed by atoms with Gasteiger partial charge in [-0.25, -0.2) is 0 Å². The van der Waals surface area contributed by atoms with E-state index >= 15 is 0 Å². The predicted octanol–water partition coefficient (Wildman–Crippen LogP) is 5.48. The van der Waals surface area contributed by atoms with Gasteiger partial charge in [-0.3, -0.25) is 5.32 Å². The second-order valence-corrected chi connectivity index (χ2v) is 9.53. The molecule has 130 valence electrons. The minimum atomic E-state index is -0.0839. The molecule has 0 saturated heterocycles. The zero-order valence-corrected chi connectivity index (χ0v) is 15.9. The fourth-order valence-electron chi connectivity index (χ4n) is 6.37. The van der Waals surface area contributed by atoms with Crippen molar-refractivity contribution in [2.45, 2.75) is 63.5 Å². The van der Waals surface area contributed by atoms with Crippen LogP contribution in [0, 0.1) is 11.8 Å². The lowest BCUT2D eigenvalue weighted by Gasteiger charge is -2.39. The van der Waals surface area contributed by atoms with Crippen LogP contribution in [-0.2, 0) is 16.5 Å². The van der Waals surface area contributed by atoms with E-state index in [1.165, 1.54) is 36.0 Å². The van der Waals surface area contributed by atoms with Crippen LogP contribution in [0.4, 0.5) is 0 Å². The molecule has 3 aliphatic rings. The van der Waals surface area contributed by atoms with Crippen molar-refractivity contribution in [2.75, 3.05) is 0 Å². The van der Waals surface area contributed by atoms with E-state index in [2.05, 4.69) is 81.5 Å². The first-order chi connectivity index (χ1) is 11.9. The van der Waals surface area contributed by atoms with Gasteiger partial charge in [-0.15, -0.1) is 0 Å². The van der Waals surface area contributed by atoms with Crippen LogP contribution < -0.4 is 5.32 Å². The van der Waals surface area contributed by atoms with Gasteiger partial charge in [0.2, 0.25) is 0 Å². The van der Waals surface area contributed by atoms with E-state index in [-0.39, 0.29) is 11.1 Å². The lowest BCUT2D eigenvalue weighted by atomic mass is 9.75. The summed E-state index contributed by atoms with van der Waals surface area (Å²) in [5.41, 5.74) is 6.51. The topological polar surface area (TPSA) is 12.0 Å². The molecule has 2 bridgehead atoms. The molecule has 2 heterocycles. The molecule has 1 saturated carbocycles. The first-order valence-corrected chi connectivity index (χ1v) is 9.88. The van der Waals surface area contributed by atoms with Gasteiger partial charge in [0.15, 0.2) is 0 Å². The Hall–Kier alpha value is -1.60. The molecule has 0 amide bonds. The van der Waals surface area contributed by atoms with Crippen LogP contribution in [0.2, 0.25) is 0 Å². The second kappa shape index (κ2) is 4.76. The first kappa shape index (κ1) is 15.6. The summed E-state index contributed by atoms with van der Waals surface area (Å²) in [7, 11) is 0. The van der Waals surface area contributed by atoms with Crippen molar-refractivity contribution in [3.8, 4) is 0 Å². The van der Waals surface area contributed by atoms with E-state index in [9.17, 15) is 0 Å². The van der Waals surface area contributed by atoms with Crippen LogP contribution in [-0.4, -0.2) is 0 Å². The Morgan fingerprint density at radius 3 is 2.08 bits per heavy atom. The number of nitrogens with one attached hydrogen (secondary N) is 1. The number of rotatable bonds is 2. The van der Waals surface area contributed by atoms with Gasteiger partial charge in [-0.2, -0.15) is 0 Å². The number of hydrogen-bond donors (Lipinski definition) is 1. The number of benzene rings is 2. The Kier molecular flexibility index (Phi) is 2.98. The fraction of sp³-hybridized carbons (Fsp3) is 0.500. The first-order valence-electron chi connectivity index (χ1n) is 9.88. The summed E-state index contributed by atoms with van der Waals surface area (Å²) >= 11 is 0. The molecular weight excluding hydrogens is 302 g/mol. The van der Waals surface area contributed by atoms with Crippen LogP contribution in [0.5, 0.6) is 0 Å². The molecule has 2 aromatic rings. The molecule has 5 rings (SSSR count). The molecule has 0 radical (unpaired) electrons. The van der Waals surface area contributed by atoms with Crippen molar-refractivity contribution in [3.63, 3.8) is 0 Å². The predicted molar refractivity (Wildman–Crippen MR) is 104 cm³/mol. The molecule has 0 aromatic heterocycles. The molecule has 2 aliphatic heterocycles. The van der Waals surface area contributed by atoms with Gasteiger partial charge in [0.25, 0.3) is 0 Å². The van der Waals surface area contributed by atoms with Gasteiger partial charge in [0.1, 0.15) is 0 Å². The largest absolute Gasteiger partial charge is 0.294 e. The summed E-state index contributed by atoms with van der Waals surface area (Å²) in [6, 6.07) is 18.4. The van der Waals surface area contributed by atoms with Gasteiger partial charge in [0, 0.05) is 5.54 Å². The quantitative estimate of drug-likeness (QED) is 0.769. The average Bonchev–Trinajstić information content (AvgIpc) is 3.18. The smallest absolute Gasteiger partial charge is 0.0674 e. The van der Waals surface area contributed by atoms with E-state index < -0.39 is 0 Å². The Bertz CT molecular complexity index is 853. The van der Waals surface area contributed by atoms with Crippen molar-refractivity contribution in [1.29, 1.82) is 0 Å². The molecule has 0 spiro atoms. The number of fused-ring (bicyclic) bond motifs is 9. The molecule has 4 unspecified atom stereocenters. The Balaban J connectivity index is 1.79. The third kappa shape index (κ3) is 1.94. The van der Waals surface area contributed by atoms with Crippen LogP contribution in [0.15, 0.2) is 48.5 Å². The van der Waals surface area contributed by atoms with E-state index in [0.29, 0.717) is 5.41 Å². The lowest BCUT2D eigenvalue weighted by Crippen LogP contribution is -2.47. The van der Waals surface area contributed by atoms with Gasteiger partial charge in [-0.05, 0) is 72.6 Å². The summed E-state index contributed by atoms with van der Waals surface area (Å²) in [4.78, 5) is 0. The third-order valence-electron chi connectivity index (χ3n) is 7.25. The van der Waals surface area contributed by atoms with Crippen molar-refractivity contribution in [3.05, 3.63) is 70.8 Å². The summed E-state index contributed by atoms with van der Waals surface area (Å²) < 4.78 is 0. The van der Waals surface area contributed by atoms with E-state index in [0.717, 1.165) is 11.8 Å². The van der Waals surface area contributed by atoms with Gasteiger partial charge >= 0.3 is 0 Å². The highest BCUT2D eigenvalue weighted by Gasteiger charge is 2.62. The molecule has 1 heteroatoms. The molecule has 1 aliphatic carbocycles. The van der Waals surface area contributed by atoms with Crippen LogP contribution in [0.25, 0.3) is 0 Å². The SMILES string of the molecule is CC(C)CC12CC1CC1(C)NC(C)(c3ccccc31)c1ccccc12. The van der Waals surface area contributed by atoms with Gasteiger partial charge < -0.3 is 0 Å². The minimum absolute atomic E-state index is 0.0839. The van der Waals surface area contributed by atoms with Crippen LogP contribution in [0.3, 0.4) is 0 Å². The highest BCUT2D eigenvalue weighted by molar-refractivity contribution is 5.56. The van der Waals surface area contributed by atoms with Crippen molar-refractivity contribution >= 4 is 0 Å². The maximum absolute atomic E-state index is 4.09. The molecule has 2 aromatic carbocycles. The normalized spacial score (nSPS) is 37.7. The van der Waals surface area contributed by atoms with Crippen molar-refractivity contribution in [2.24, 2.45) is 11.8 Å². The van der Waals surface area contributed by atoms with Crippen molar-refractivity contribution < 1.29 is 0 Å². The summed E-state index contributed by atoms with van der Waals surface area (Å²) in [5, 5.41) is 4.09. The summed E-state index contributed by atoms with van der Waals surface area (Å²) in [6.07, 6.45) is 3.93. The van der Waals surface area contributed by atoms with Crippen LogP contribution in [0.1, 0.15) is 69.2 Å². The molecule has 1 nitrogen and oxygen atoms in total. The summed E-state index contributed by atoms with van der Waals surface area (Å²) in [5.74, 6) is 1.54. The van der Waals surface area contributed by atoms with Gasteiger partial charge in [-0.1, -0.05) is 62.4 Å². The maximum atomic E-state index is 4.09. The molecule has 1 fully saturated rings. The Labute approximate surface area is 151 Å². The maximum Gasteiger partial charge on any atom is 0.0674 e. The minimum Gasteiger partial charge on any atom is -0.294 e. The second-order valence-electron chi connectivity index (χ2n) is 9.53. The lowest BCUT2D eigenvalue weighted by molar-refractivity contribution is 0.258. The van der Waals surface area contributed by atoms with E-state index in [1.54, 1.807) is 5.56 Å². The summed E-state index contributed by atoms with van der Waals surface area (Å²) in [6.45, 7) is 9.61. The standard InChI is InChI=1S/C24H29N/c1-16(2)13-24-15-17(24)14-22(3)18-9-5-6-10-19(18)23(4,25-22)20-11-7-8-12-21(20)24/h5-12,16-17,25H,13-15H2,1-4H3. The molecule has 1 N–H and O–H groups in total. The number of hydrogen-bond acceptors (Lipinski definition) is 1. The molecule has 4 atom stereocenters. The molecular formula is C24H29N. The fourth-order valence-corrected chi connectivity index (χ4v) is 6.37. The van der Waals surface area contributed by atoms with Gasteiger partial charge in [0.05, 0.1) is 5.54 Å². The average molecular weight is 332 g/mol. The van der Waals surface area contributed by atoms with E-state index in [1.807, 2.05) is 0 Å². The van der Waals surface area contributed by atoms with Crippen LogP contribution >= 0.6 is 0 Å². The molecule has 25 heavy (non-hydrogen) atoms. The monoisotopic (exact) mass is 331 g/mol. The zero-order chi connectivity index (χ0) is 17.4. The van der Waals surface area contributed by atoms with E-state index in [4.69, 9.17) is 0 Å². The zero-order valence-electron chi connectivity index (χ0n) is 15.9. The van der Waals surface area contributed by atoms with Crippen molar-refractivity contribution in [1.82, 2.24) is 5.32 Å². The third-order valence-corrected chi connectivity index (χ3v) is 7.25. The highest BCUT2D eigenvalue weighted by Crippen LogP contribution is 2.66.